The number of rotatable bonds is 7. The van der Waals surface area contributed by atoms with Gasteiger partial charge in [0.25, 0.3) is 0 Å². The van der Waals surface area contributed by atoms with Crippen LogP contribution in [-0.2, 0) is 10.8 Å². The Morgan fingerprint density at radius 1 is 0.448 bits per heavy atom. The van der Waals surface area contributed by atoms with Crippen LogP contribution in [0.25, 0.3) is 49.9 Å². The molecule has 0 atom stereocenters. The van der Waals surface area contributed by atoms with Crippen molar-refractivity contribution in [1.29, 1.82) is 0 Å². The SMILES string of the molecule is Cc1cccc(C)c1-c1cc(Oc2ccc3c4ccccc4n(-c4cc(C(C)(C)C)ccn4)c3c2)cc(N2CN(c3cc(-c4ccccc4)cc(C(C)(C)C)c3)C(C(C)(C)C)=C2C(C)(C)C)c1. The van der Waals surface area contributed by atoms with Crippen LogP contribution < -0.4 is 14.5 Å². The maximum absolute atomic E-state index is 7.15. The normalized spacial score (nSPS) is 13.9. The Balaban J connectivity index is 1.23. The molecule has 5 heteroatoms. The monoisotopic (exact) mass is 885 g/mol. The summed E-state index contributed by atoms with van der Waals surface area (Å²) in [4.78, 5) is 10.1. The predicted molar refractivity (Wildman–Crippen MR) is 285 cm³/mol. The van der Waals surface area contributed by atoms with E-state index in [2.05, 4.69) is 251 Å². The highest BCUT2D eigenvalue weighted by atomic mass is 16.5. The van der Waals surface area contributed by atoms with Gasteiger partial charge in [-0.3, -0.25) is 4.57 Å². The number of hydrogen-bond acceptors (Lipinski definition) is 4. The Morgan fingerprint density at radius 3 is 1.69 bits per heavy atom. The lowest BCUT2D eigenvalue weighted by Gasteiger charge is -2.34. The van der Waals surface area contributed by atoms with Crippen LogP contribution in [0, 0.1) is 24.7 Å². The first kappa shape index (κ1) is 45.6. The van der Waals surface area contributed by atoms with Gasteiger partial charge in [0, 0.05) is 62.7 Å². The zero-order chi connectivity index (χ0) is 47.8. The lowest BCUT2D eigenvalue weighted by molar-refractivity contribution is 0.444. The first-order valence-electron chi connectivity index (χ1n) is 24.0. The molecule has 342 valence electrons. The number of nitrogens with zero attached hydrogens (tertiary/aromatic N) is 4. The molecule has 0 bridgehead atoms. The molecule has 0 amide bonds. The van der Waals surface area contributed by atoms with Crippen molar-refractivity contribution in [3.63, 3.8) is 0 Å². The van der Waals surface area contributed by atoms with Crippen LogP contribution in [0.5, 0.6) is 11.5 Å². The second-order valence-corrected chi connectivity index (χ2v) is 22.8. The third-order valence-electron chi connectivity index (χ3n) is 13.4. The number of aromatic nitrogens is 2. The van der Waals surface area contributed by atoms with Crippen molar-refractivity contribution in [1.82, 2.24) is 9.55 Å². The zero-order valence-electron chi connectivity index (χ0n) is 42.3. The van der Waals surface area contributed by atoms with Crippen LogP contribution in [0.1, 0.15) is 105 Å². The summed E-state index contributed by atoms with van der Waals surface area (Å²) < 4.78 is 9.44. The Kier molecular flexibility index (Phi) is 11.3. The quantitative estimate of drug-likeness (QED) is 0.160. The van der Waals surface area contributed by atoms with Gasteiger partial charge in [0.1, 0.15) is 17.3 Å². The number of benzene rings is 6. The minimum Gasteiger partial charge on any atom is -0.457 e. The fraction of sp³-hybridized carbons (Fsp3) is 0.306. The summed E-state index contributed by atoms with van der Waals surface area (Å²) in [5.41, 5.74) is 16.5. The molecule has 0 saturated carbocycles. The topological polar surface area (TPSA) is 33.5 Å². The summed E-state index contributed by atoms with van der Waals surface area (Å²) in [5, 5.41) is 2.35. The van der Waals surface area contributed by atoms with E-state index in [1.807, 2.05) is 6.20 Å². The molecule has 0 fully saturated rings. The average molecular weight is 885 g/mol. The highest BCUT2D eigenvalue weighted by Crippen LogP contribution is 2.50. The lowest BCUT2D eigenvalue weighted by atomic mass is 9.81. The van der Waals surface area contributed by atoms with Crippen LogP contribution in [0.4, 0.5) is 11.4 Å². The summed E-state index contributed by atoms with van der Waals surface area (Å²) in [6.45, 7) is 33.0. The second kappa shape index (κ2) is 16.6. The van der Waals surface area contributed by atoms with Crippen molar-refractivity contribution in [3.05, 3.63) is 179 Å². The van der Waals surface area contributed by atoms with E-state index in [1.54, 1.807) is 0 Å². The highest BCUT2D eigenvalue weighted by molar-refractivity contribution is 6.09. The van der Waals surface area contributed by atoms with E-state index in [9.17, 15) is 0 Å². The summed E-state index contributed by atoms with van der Waals surface area (Å²) in [6.07, 6.45) is 1.94. The van der Waals surface area contributed by atoms with Crippen molar-refractivity contribution in [3.8, 4) is 39.6 Å². The summed E-state index contributed by atoms with van der Waals surface area (Å²) in [6, 6.07) is 51.0. The van der Waals surface area contributed by atoms with Gasteiger partial charge in [0.15, 0.2) is 0 Å². The van der Waals surface area contributed by atoms with Crippen LogP contribution in [-0.4, -0.2) is 16.2 Å². The van der Waals surface area contributed by atoms with Crippen LogP contribution >= 0.6 is 0 Å². The van der Waals surface area contributed by atoms with Gasteiger partial charge in [0.05, 0.1) is 17.7 Å². The molecule has 8 aromatic rings. The molecule has 0 radical (unpaired) electrons. The van der Waals surface area contributed by atoms with Crippen LogP contribution in [0.15, 0.2) is 157 Å². The molecular weight excluding hydrogens is 817 g/mol. The first-order chi connectivity index (χ1) is 31.6. The van der Waals surface area contributed by atoms with Gasteiger partial charge in [-0.25, -0.2) is 4.98 Å². The highest BCUT2D eigenvalue weighted by Gasteiger charge is 2.42. The number of pyridine rings is 1. The van der Waals surface area contributed by atoms with Crippen LogP contribution in [0.2, 0.25) is 0 Å². The third kappa shape index (κ3) is 8.77. The van der Waals surface area contributed by atoms with E-state index in [-0.39, 0.29) is 21.7 Å². The Morgan fingerprint density at radius 2 is 1.04 bits per heavy atom. The molecule has 0 saturated heterocycles. The van der Waals surface area contributed by atoms with Crippen molar-refractivity contribution in [2.75, 3.05) is 16.5 Å². The van der Waals surface area contributed by atoms with E-state index in [1.165, 1.54) is 61.4 Å². The standard InChI is InChI=1S/C62H68N4O/c1-40-21-20-22-41(2)56(40)44-33-48(37-50(34-44)67-49-27-28-52-51-25-18-19-26-53(51)66(54(52)38-49)55-36-45(29-30-63-55)59(3,4)5)65-39-64(57(61(9,10)11)58(65)62(12,13)14)47-32-43(42-23-16-15-17-24-42)31-46(35-47)60(6,7)8/h15-38H,39H2,1-14H3. The number of hydrogen-bond donors (Lipinski definition) is 0. The molecule has 1 aliphatic heterocycles. The number of aryl methyl sites for hydroxylation is 2. The molecule has 9 rings (SSSR count). The molecule has 2 aromatic heterocycles. The maximum atomic E-state index is 7.15. The number of ether oxygens (including phenoxy) is 1. The number of anilines is 2. The molecule has 0 spiro atoms. The number of fused-ring (bicyclic) bond motifs is 3. The molecule has 0 aliphatic carbocycles. The molecule has 67 heavy (non-hydrogen) atoms. The lowest BCUT2D eigenvalue weighted by Crippen LogP contribution is -2.31. The van der Waals surface area contributed by atoms with Gasteiger partial charge in [0.2, 0.25) is 0 Å². The van der Waals surface area contributed by atoms with Crippen molar-refractivity contribution in [2.24, 2.45) is 10.8 Å². The fourth-order valence-electron chi connectivity index (χ4n) is 10.1. The van der Waals surface area contributed by atoms with Gasteiger partial charge in [-0.05, 0) is 124 Å². The molecular formula is C62H68N4O. The summed E-state index contributed by atoms with van der Waals surface area (Å²) in [5.74, 6) is 2.45. The Bertz CT molecular complexity index is 3180. The van der Waals surface area contributed by atoms with Gasteiger partial charge in [-0.15, -0.1) is 0 Å². The van der Waals surface area contributed by atoms with Crippen molar-refractivity contribution >= 4 is 33.2 Å². The number of allylic oxidation sites excluding steroid dienone is 2. The van der Waals surface area contributed by atoms with E-state index in [0.29, 0.717) is 6.67 Å². The minimum absolute atomic E-state index is 0.0213. The summed E-state index contributed by atoms with van der Waals surface area (Å²) in [7, 11) is 0. The molecule has 5 nitrogen and oxygen atoms in total. The summed E-state index contributed by atoms with van der Waals surface area (Å²) >= 11 is 0. The van der Waals surface area contributed by atoms with Gasteiger partial charge >= 0.3 is 0 Å². The molecule has 6 aromatic carbocycles. The van der Waals surface area contributed by atoms with E-state index >= 15 is 0 Å². The molecule has 1 aliphatic rings. The maximum Gasteiger partial charge on any atom is 0.137 e. The smallest absolute Gasteiger partial charge is 0.137 e. The molecule has 0 unspecified atom stereocenters. The number of para-hydroxylation sites is 1. The first-order valence-corrected chi connectivity index (χ1v) is 24.0. The van der Waals surface area contributed by atoms with E-state index < -0.39 is 0 Å². The van der Waals surface area contributed by atoms with Crippen molar-refractivity contribution in [2.45, 2.75) is 108 Å². The zero-order valence-corrected chi connectivity index (χ0v) is 42.3. The fourth-order valence-corrected chi connectivity index (χ4v) is 10.1. The third-order valence-corrected chi connectivity index (χ3v) is 13.4. The van der Waals surface area contributed by atoms with Gasteiger partial charge < -0.3 is 14.5 Å². The minimum atomic E-state index is -0.201. The molecule has 3 heterocycles. The largest absolute Gasteiger partial charge is 0.457 e. The van der Waals surface area contributed by atoms with Crippen molar-refractivity contribution < 1.29 is 4.74 Å². The Hall–Kier alpha value is -6.59. The second-order valence-electron chi connectivity index (χ2n) is 22.8. The van der Waals surface area contributed by atoms with Gasteiger partial charge in [-0.2, -0.15) is 0 Å². The molecule has 0 N–H and O–H groups in total. The van der Waals surface area contributed by atoms with Gasteiger partial charge in [-0.1, -0.05) is 156 Å². The Labute approximate surface area is 399 Å². The van der Waals surface area contributed by atoms with E-state index in [0.717, 1.165) is 45.0 Å². The average Bonchev–Trinajstić information content (AvgIpc) is 3.84. The predicted octanol–water partition coefficient (Wildman–Crippen LogP) is 17.1. The van der Waals surface area contributed by atoms with E-state index in [4.69, 9.17) is 9.72 Å². The van der Waals surface area contributed by atoms with Crippen LogP contribution in [0.3, 0.4) is 0 Å².